The molecule has 0 aromatic heterocycles. The zero-order chi connectivity index (χ0) is 14.0. The molecule has 19 heavy (non-hydrogen) atoms. The summed E-state index contributed by atoms with van der Waals surface area (Å²) in [7, 11) is 0. The van der Waals surface area contributed by atoms with E-state index in [0.717, 1.165) is 5.69 Å². The molecule has 0 saturated carbocycles. The maximum atomic E-state index is 11.8. The molecule has 1 fully saturated rings. The van der Waals surface area contributed by atoms with Gasteiger partial charge in [-0.1, -0.05) is 6.92 Å². The van der Waals surface area contributed by atoms with Crippen LogP contribution in [-0.4, -0.2) is 24.4 Å². The zero-order valence-corrected chi connectivity index (χ0v) is 11.9. The van der Waals surface area contributed by atoms with Crippen LogP contribution in [-0.2, 0) is 9.59 Å². The fourth-order valence-electron chi connectivity index (χ4n) is 2.13. The van der Waals surface area contributed by atoms with Crippen molar-refractivity contribution in [2.45, 2.75) is 19.4 Å². The van der Waals surface area contributed by atoms with Crippen LogP contribution in [0.1, 0.15) is 18.9 Å². The molecule has 5 nitrogen and oxygen atoms in total. The lowest BCUT2D eigenvalue weighted by Gasteiger charge is -2.35. The molecule has 1 aliphatic heterocycles. The molecule has 1 aliphatic rings. The summed E-state index contributed by atoms with van der Waals surface area (Å²) in [4.78, 5) is 25.1. The molecule has 0 radical (unpaired) electrons. The number of nitriles is 1. The molecule has 1 atom stereocenters. The minimum absolute atomic E-state index is 0.134. The van der Waals surface area contributed by atoms with Gasteiger partial charge >= 0.3 is 0 Å². The van der Waals surface area contributed by atoms with Gasteiger partial charge in [0.2, 0.25) is 11.8 Å². The molecular weight excluding hydrogens is 310 g/mol. The van der Waals surface area contributed by atoms with Crippen LogP contribution < -0.4 is 10.2 Å². The highest BCUT2D eigenvalue weighted by Gasteiger charge is 2.33. The van der Waals surface area contributed by atoms with E-state index in [9.17, 15) is 9.59 Å². The van der Waals surface area contributed by atoms with E-state index in [-0.39, 0.29) is 24.4 Å². The molecule has 98 valence electrons. The van der Waals surface area contributed by atoms with Crippen LogP contribution >= 0.6 is 15.9 Å². The lowest BCUT2D eigenvalue weighted by Crippen LogP contribution is -2.58. The number of benzene rings is 1. The predicted molar refractivity (Wildman–Crippen MR) is 73.4 cm³/mol. The van der Waals surface area contributed by atoms with Gasteiger partial charge in [0.25, 0.3) is 0 Å². The van der Waals surface area contributed by atoms with Gasteiger partial charge in [-0.3, -0.25) is 14.9 Å². The van der Waals surface area contributed by atoms with Crippen molar-refractivity contribution in [3.63, 3.8) is 0 Å². The van der Waals surface area contributed by atoms with Crippen molar-refractivity contribution >= 4 is 33.4 Å². The van der Waals surface area contributed by atoms with Gasteiger partial charge in [-0.05, 0) is 40.5 Å². The first-order chi connectivity index (χ1) is 9.06. The van der Waals surface area contributed by atoms with Crippen LogP contribution in [0, 0.1) is 11.3 Å². The lowest BCUT2D eigenvalue weighted by molar-refractivity contribution is -0.132. The summed E-state index contributed by atoms with van der Waals surface area (Å²) < 4.78 is 0.701. The van der Waals surface area contributed by atoms with E-state index in [2.05, 4.69) is 21.2 Å². The first-order valence-corrected chi connectivity index (χ1v) is 6.66. The molecule has 1 N–H and O–H groups in total. The number of amides is 2. The zero-order valence-electron chi connectivity index (χ0n) is 10.3. The normalized spacial score (nSPS) is 19.0. The number of piperazine rings is 1. The summed E-state index contributed by atoms with van der Waals surface area (Å²) in [6.07, 6.45) is 0.603. The van der Waals surface area contributed by atoms with Crippen molar-refractivity contribution in [2.24, 2.45) is 0 Å². The average molecular weight is 322 g/mol. The molecule has 1 aromatic rings. The number of hydrogen-bond donors (Lipinski definition) is 1. The highest BCUT2D eigenvalue weighted by molar-refractivity contribution is 9.10. The van der Waals surface area contributed by atoms with E-state index in [0.29, 0.717) is 16.5 Å². The highest BCUT2D eigenvalue weighted by atomic mass is 79.9. The summed E-state index contributed by atoms with van der Waals surface area (Å²) in [5.74, 6) is -0.596. The quantitative estimate of drug-likeness (QED) is 0.839. The Morgan fingerprint density at radius 2 is 2.26 bits per heavy atom. The van der Waals surface area contributed by atoms with Gasteiger partial charge in [0.1, 0.15) is 6.04 Å². The Bertz CT molecular complexity index is 580. The monoisotopic (exact) mass is 321 g/mol. The standard InChI is InChI=1S/C13H12BrN3O2/c1-2-10-13(19)16-12(18)7-17(10)11-4-3-8(6-15)5-9(11)14/h3-5,10H,2,7H2,1H3,(H,16,18,19). The number of nitrogens with one attached hydrogen (secondary N) is 1. The smallest absolute Gasteiger partial charge is 0.249 e. The van der Waals surface area contributed by atoms with Crippen LogP contribution in [0.15, 0.2) is 22.7 Å². The van der Waals surface area contributed by atoms with Gasteiger partial charge < -0.3 is 4.90 Å². The average Bonchev–Trinajstić information content (AvgIpc) is 2.37. The van der Waals surface area contributed by atoms with E-state index in [1.807, 2.05) is 13.0 Å². The van der Waals surface area contributed by atoms with E-state index in [1.165, 1.54) is 0 Å². The number of nitrogens with zero attached hydrogens (tertiary/aromatic N) is 2. The summed E-state index contributed by atoms with van der Waals surface area (Å²) in [6.45, 7) is 2.03. The van der Waals surface area contributed by atoms with Crippen LogP contribution in [0.25, 0.3) is 0 Å². The SMILES string of the molecule is CCC1C(=O)NC(=O)CN1c1ccc(C#N)cc1Br. The van der Waals surface area contributed by atoms with Crippen molar-refractivity contribution in [2.75, 3.05) is 11.4 Å². The van der Waals surface area contributed by atoms with E-state index >= 15 is 0 Å². The van der Waals surface area contributed by atoms with Gasteiger partial charge in [0.05, 0.1) is 23.9 Å². The third-order valence-electron chi connectivity index (χ3n) is 3.03. The van der Waals surface area contributed by atoms with Gasteiger partial charge in [0, 0.05) is 4.47 Å². The molecule has 2 amide bonds. The number of carbonyl (C=O) groups is 2. The molecule has 1 aromatic carbocycles. The number of halogens is 1. The Kier molecular flexibility index (Phi) is 3.86. The Labute approximate surface area is 119 Å². The van der Waals surface area contributed by atoms with Gasteiger partial charge in [-0.25, -0.2) is 0 Å². The number of hydrogen-bond acceptors (Lipinski definition) is 4. The molecule has 1 unspecified atom stereocenters. The van der Waals surface area contributed by atoms with Crippen LogP contribution in [0.3, 0.4) is 0 Å². The fourth-order valence-corrected chi connectivity index (χ4v) is 2.74. The van der Waals surface area contributed by atoms with Gasteiger partial charge in [0.15, 0.2) is 0 Å². The third kappa shape index (κ3) is 2.61. The second kappa shape index (κ2) is 5.41. The van der Waals surface area contributed by atoms with E-state index in [4.69, 9.17) is 5.26 Å². The Balaban J connectivity index is 2.41. The van der Waals surface area contributed by atoms with Crippen molar-refractivity contribution in [1.29, 1.82) is 5.26 Å². The van der Waals surface area contributed by atoms with E-state index in [1.54, 1.807) is 23.1 Å². The Morgan fingerprint density at radius 1 is 1.53 bits per heavy atom. The lowest BCUT2D eigenvalue weighted by atomic mass is 10.1. The summed E-state index contributed by atoms with van der Waals surface area (Å²) in [5, 5.41) is 11.2. The number of anilines is 1. The molecule has 0 bridgehead atoms. The number of rotatable bonds is 2. The first-order valence-electron chi connectivity index (χ1n) is 5.86. The van der Waals surface area contributed by atoms with Gasteiger partial charge in [-0.2, -0.15) is 5.26 Å². The first kappa shape index (κ1) is 13.6. The molecule has 2 rings (SSSR count). The van der Waals surface area contributed by atoms with Crippen LogP contribution in [0.2, 0.25) is 0 Å². The highest BCUT2D eigenvalue weighted by Crippen LogP contribution is 2.30. The minimum Gasteiger partial charge on any atom is -0.349 e. The fraction of sp³-hybridized carbons (Fsp3) is 0.308. The second-order valence-electron chi connectivity index (χ2n) is 4.24. The van der Waals surface area contributed by atoms with Crippen molar-refractivity contribution in [3.05, 3.63) is 28.2 Å². The summed E-state index contributed by atoms with van der Waals surface area (Å²) in [5.41, 5.74) is 1.27. The van der Waals surface area contributed by atoms with Gasteiger partial charge in [-0.15, -0.1) is 0 Å². The molecule has 1 heterocycles. The maximum Gasteiger partial charge on any atom is 0.249 e. The largest absolute Gasteiger partial charge is 0.349 e. The predicted octanol–water partition coefficient (Wildman–Crippen LogP) is 1.56. The van der Waals surface area contributed by atoms with Crippen LogP contribution in [0.4, 0.5) is 5.69 Å². The summed E-state index contributed by atoms with van der Waals surface area (Å²) >= 11 is 3.38. The second-order valence-corrected chi connectivity index (χ2v) is 5.10. The maximum absolute atomic E-state index is 11.8. The topological polar surface area (TPSA) is 73.2 Å². The van der Waals surface area contributed by atoms with Crippen molar-refractivity contribution < 1.29 is 9.59 Å². The van der Waals surface area contributed by atoms with E-state index < -0.39 is 0 Å². The number of imide groups is 1. The Hall–Kier alpha value is -1.87. The molecular formula is C13H12BrN3O2. The van der Waals surface area contributed by atoms with Crippen molar-refractivity contribution in [3.8, 4) is 6.07 Å². The third-order valence-corrected chi connectivity index (χ3v) is 3.66. The minimum atomic E-state index is -0.373. The summed E-state index contributed by atoms with van der Waals surface area (Å²) in [6, 6.07) is 6.77. The number of carbonyl (C=O) groups excluding carboxylic acids is 2. The molecule has 6 heteroatoms. The van der Waals surface area contributed by atoms with Crippen molar-refractivity contribution in [1.82, 2.24) is 5.32 Å². The molecule has 0 aliphatic carbocycles. The molecule has 1 saturated heterocycles. The Morgan fingerprint density at radius 3 is 2.84 bits per heavy atom. The van der Waals surface area contributed by atoms with Crippen LogP contribution in [0.5, 0.6) is 0 Å². The molecule has 0 spiro atoms.